The molecule has 1 aromatic carbocycles. The molecular weight excluding hydrogens is 310 g/mol. The van der Waals surface area contributed by atoms with E-state index in [1.165, 1.54) is 74.5 Å². The number of hydrogen-bond acceptors (Lipinski definition) is 1. The van der Waals surface area contributed by atoms with Gasteiger partial charge in [0.15, 0.2) is 0 Å². The highest BCUT2D eigenvalue weighted by atomic mass is 79.9. The summed E-state index contributed by atoms with van der Waals surface area (Å²) < 4.78 is 1.22. The molecule has 0 unspecified atom stereocenters. The molecule has 0 N–H and O–H groups in total. The average Bonchev–Trinajstić information content (AvgIpc) is 2.76. The molecule has 0 atom stereocenters. The van der Waals surface area contributed by atoms with Crippen molar-refractivity contribution in [3.05, 3.63) is 34.3 Å². The van der Waals surface area contributed by atoms with E-state index >= 15 is 0 Å². The molecule has 1 aliphatic carbocycles. The van der Waals surface area contributed by atoms with Crippen LogP contribution in [0.4, 0.5) is 0 Å². The molecule has 1 nitrogen and oxygen atoms in total. The molecule has 1 saturated heterocycles. The molecule has 0 bridgehead atoms. The predicted molar refractivity (Wildman–Crippen MR) is 89.2 cm³/mol. The molecule has 2 heteroatoms. The minimum atomic E-state index is 0.773. The predicted octanol–water partition coefficient (Wildman–Crippen LogP) is 5.35. The molecule has 0 radical (unpaired) electrons. The summed E-state index contributed by atoms with van der Waals surface area (Å²) in [7, 11) is 0. The number of piperidine rings is 1. The van der Waals surface area contributed by atoms with Crippen molar-refractivity contribution < 1.29 is 0 Å². The van der Waals surface area contributed by atoms with E-state index in [1.807, 2.05) is 0 Å². The van der Waals surface area contributed by atoms with E-state index in [0.717, 1.165) is 12.0 Å². The molecule has 3 rings (SSSR count). The first-order chi connectivity index (χ1) is 9.83. The highest BCUT2D eigenvalue weighted by Crippen LogP contribution is 2.32. The summed E-state index contributed by atoms with van der Waals surface area (Å²) in [6.45, 7) is 2.61. The third kappa shape index (κ3) is 3.65. The van der Waals surface area contributed by atoms with Crippen molar-refractivity contribution in [3.63, 3.8) is 0 Å². The van der Waals surface area contributed by atoms with Crippen LogP contribution in [0.1, 0.15) is 62.8 Å². The lowest BCUT2D eigenvalue weighted by Crippen LogP contribution is -2.40. The second kappa shape index (κ2) is 7.09. The summed E-state index contributed by atoms with van der Waals surface area (Å²) >= 11 is 3.60. The number of benzene rings is 1. The van der Waals surface area contributed by atoms with Gasteiger partial charge in [-0.05, 0) is 62.4 Å². The molecule has 1 heterocycles. The Labute approximate surface area is 131 Å². The van der Waals surface area contributed by atoms with E-state index in [4.69, 9.17) is 0 Å². The minimum Gasteiger partial charge on any atom is -0.300 e. The molecule has 1 aliphatic heterocycles. The van der Waals surface area contributed by atoms with Crippen molar-refractivity contribution in [2.45, 2.75) is 63.3 Å². The van der Waals surface area contributed by atoms with Crippen LogP contribution >= 0.6 is 15.9 Å². The van der Waals surface area contributed by atoms with Gasteiger partial charge in [0.1, 0.15) is 0 Å². The topological polar surface area (TPSA) is 3.24 Å². The molecule has 0 aromatic heterocycles. The number of likely N-dealkylation sites (tertiary alicyclic amines) is 1. The Morgan fingerprint density at radius 3 is 2.25 bits per heavy atom. The SMILES string of the molecule is Brc1cccc(C2CCN(C3CCCCCC3)CC2)c1. The molecule has 2 aliphatic rings. The van der Waals surface area contributed by atoms with E-state index in [0.29, 0.717) is 0 Å². The smallest absolute Gasteiger partial charge is 0.0178 e. The van der Waals surface area contributed by atoms with E-state index in [9.17, 15) is 0 Å². The van der Waals surface area contributed by atoms with Gasteiger partial charge in [-0.2, -0.15) is 0 Å². The molecule has 2 fully saturated rings. The van der Waals surface area contributed by atoms with Crippen molar-refractivity contribution in [3.8, 4) is 0 Å². The number of halogens is 1. The fraction of sp³-hybridized carbons (Fsp3) is 0.667. The monoisotopic (exact) mass is 335 g/mol. The van der Waals surface area contributed by atoms with Gasteiger partial charge in [-0.3, -0.25) is 0 Å². The normalized spacial score (nSPS) is 23.6. The number of hydrogen-bond donors (Lipinski definition) is 0. The van der Waals surface area contributed by atoms with Crippen LogP contribution < -0.4 is 0 Å². The van der Waals surface area contributed by atoms with Gasteiger partial charge in [0.25, 0.3) is 0 Å². The third-order valence-electron chi connectivity index (χ3n) is 5.19. The molecular formula is C18H26BrN. The third-order valence-corrected chi connectivity index (χ3v) is 5.68. The zero-order valence-corrected chi connectivity index (χ0v) is 13.9. The zero-order valence-electron chi connectivity index (χ0n) is 12.4. The quantitative estimate of drug-likeness (QED) is 0.658. The Morgan fingerprint density at radius 2 is 1.60 bits per heavy atom. The lowest BCUT2D eigenvalue weighted by molar-refractivity contribution is 0.139. The average molecular weight is 336 g/mol. The van der Waals surface area contributed by atoms with Crippen LogP contribution in [0.2, 0.25) is 0 Å². The standard InChI is InChI=1S/C18H26BrN/c19-17-7-5-6-16(14-17)15-10-12-20(13-11-15)18-8-3-1-2-4-9-18/h5-7,14-15,18H,1-4,8-13H2. The summed E-state index contributed by atoms with van der Waals surface area (Å²) in [6.07, 6.45) is 11.4. The van der Waals surface area contributed by atoms with Crippen LogP contribution in [0.25, 0.3) is 0 Å². The molecule has 1 saturated carbocycles. The van der Waals surface area contributed by atoms with Gasteiger partial charge >= 0.3 is 0 Å². The van der Waals surface area contributed by atoms with Crippen molar-refractivity contribution in [1.29, 1.82) is 0 Å². The molecule has 0 spiro atoms. The van der Waals surface area contributed by atoms with E-state index in [2.05, 4.69) is 45.1 Å². The maximum Gasteiger partial charge on any atom is 0.0178 e. The Kier molecular flexibility index (Phi) is 5.17. The van der Waals surface area contributed by atoms with Crippen molar-refractivity contribution in [2.75, 3.05) is 13.1 Å². The lowest BCUT2D eigenvalue weighted by atomic mass is 9.88. The van der Waals surface area contributed by atoms with E-state index in [-0.39, 0.29) is 0 Å². The van der Waals surface area contributed by atoms with Gasteiger partial charge in [-0.15, -0.1) is 0 Å². The number of rotatable bonds is 2. The lowest BCUT2D eigenvalue weighted by Gasteiger charge is -2.37. The van der Waals surface area contributed by atoms with Gasteiger partial charge in [-0.1, -0.05) is 53.7 Å². The Bertz CT molecular complexity index is 415. The van der Waals surface area contributed by atoms with Crippen LogP contribution in [0.15, 0.2) is 28.7 Å². The second-order valence-corrected chi connectivity index (χ2v) is 7.43. The largest absolute Gasteiger partial charge is 0.300 e. The maximum absolute atomic E-state index is 3.60. The van der Waals surface area contributed by atoms with Crippen LogP contribution in [-0.2, 0) is 0 Å². The van der Waals surface area contributed by atoms with Gasteiger partial charge in [0, 0.05) is 10.5 Å². The minimum absolute atomic E-state index is 0.773. The van der Waals surface area contributed by atoms with Gasteiger partial charge in [0.2, 0.25) is 0 Å². The molecule has 110 valence electrons. The van der Waals surface area contributed by atoms with Crippen molar-refractivity contribution >= 4 is 15.9 Å². The van der Waals surface area contributed by atoms with Gasteiger partial charge in [-0.25, -0.2) is 0 Å². The Balaban J connectivity index is 1.56. The fourth-order valence-electron chi connectivity index (χ4n) is 3.98. The van der Waals surface area contributed by atoms with Crippen LogP contribution in [0.3, 0.4) is 0 Å². The summed E-state index contributed by atoms with van der Waals surface area (Å²) in [4.78, 5) is 2.79. The van der Waals surface area contributed by atoms with Crippen molar-refractivity contribution in [2.24, 2.45) is 0 Å². The van der Waals surface area contributed by atoms with Crippen LogP contribution in [-0.4, -0.2) is 24.0 Å². The van der Waals surface area contributed by atoms with E-state index < -0.39 is 0 Å². The molecule has 0 amide bonds. The zero-order chi connectivity index (χ0) is 13.8. The fourth-order valence-corrected chi connectivity index (χ4v) is 4.40. The Hall–Kier alpha value is -0.340. The van der Waals surface area contributed by atoms with Crippen LogP contribution in [0, 0.1) is 0 Å². The Morgan fingerprint density at radius 1 is 0.900 bits per heavy atom. The summed E-state index contributed by atoms with van der Waals surface area (Å²) in [5, 5.41) is 0. The number of nitrogens with zero attached hydrogens (tertiary/aromatic N) is 1. The first kappa shape index (κ1) is 14.6. The van der Waals surface area contributed by atoms with Crippen LogP contribution in [0.5, 0.6) is 0 Å². The maximum atomic E-state index is 3.60. The molecule has 20 heavy (non-hydrogen) atoms. The first-order valence-corrected chi connectivity index (χ1v) is 9.12. The highest BCUT2D eigenvalue weighted by Gasteiger charge is 2.26. The summed E-state index contributed by atoms with van der Waals surface area (Å²) in [5.74, 6) is 0.773. The highest BCUT2D eigenvalue weighted by molar-refractivity contribution is 9.10. The van der Waals surface area contributed by atoms with Crippen molar-refractivity contribution in [1.82, 2.24) is 4.90 Å². The first-order valence-electron chi connectivity index (χ1n) is 8.32. The van der Waals surface area contributed by atoms with Gasteiger partial charge < -0.3 is 4.90 Å². The second-order valence-electron chi connectivity index (χ2n) is 6.51. The summed E-state index contributed by atoms with van der Waals surface area (Å²) in [5.41, 5.74) is 1.53. The molecule has 1 aromatic rings. The summed E-state index contributed by atoms with van der Waals surface area (Å²) in [6, 6.07) is 9.81. The van der Waals surface area contributed by atoms with Gasteiger partial charge in [0.05, 0.1) is 0 Å². The van der Waals surface area contributed by atoms with E-state index in [1.54, 1.807) is 0 Å².